The summed E-state index contributed by atoms with van der Waals surface area (Å²) in [4.78, 5) is 12.8. The van der Waals surface area contributed by atoms with Gasteiger partial charge < -0.3 is 4.74 Å². The monoisotopic (exact) mass is 369 g/mol. The fourth-order valence-corrected chi connectivity index (χ4v) is 4.14. The van der Waals surface area contributed by atoms with Gasteiger partial charge in [0.05, 0.1) is 0 Å². The molecule has 5 rings (SSSR count). The molecule has 5 heteroatoms. The van der Waals surface area contributed by atoms with Crippen LogP contribution in [0.3, 0.4) is 0 Å². The number of hydrogen-bond acceptors (Lipinski definition) is 4. The van der Waals surface area contributed by atoms with Crippen LogP contribution in [-0.2, 0) is 4.74 Å². The maximum absolute atomic E-state index is 12.8. The lowest BCUT2D eigenvalue weighted by Gasteiger charge is -2.22. The average Bonchev–Trinajstić information content (AvgIpc) is 3.27. The average molecular weight is 369 g/mol. The molecule has 1 aliphatic carbocycles. The molecule has 5 nitrogen and oxygen atoms in total. The highest BCUT2D eigenvalue weighted by molar-refractivity contribution is 5.85. The van der Waals surface area contributed by atoms with Crippen molar-refractivity contribution in [1.29, 1.82) is 0 Å². The van der Waals surface area contributed by atoms with E-state index < -0.39 is 6.09 Å². The smallest absolute Gasteiger partial charge is 0.437 e. The minimum Gasteiger partial charge on any atom is -0.444 e. The van der Waals surface area contributed by atoms with Gasteiger partial charge in [-0.25, -0.2) is 4.79 Å². The van der Waals surface area contributed by atoms with Gasteiger partial charge in [0.15, 0.2) is 0 Å². The SMILES string of the molecule is Cc1ccc2c(c1)-c1ccccc1C2C(C)OC(=O)n1nnc2ccccc21. The predicted octanol–water partition coefficient (Wildman–Crippen LogP) is 4.93. The number of nitrogens with zero attached hydrogens (tertiary/aromatic N) is 3. The number of carbonyl (C=O) groups is 1. The molecule has 0 bridgehead atoms. The van der Waals surface area contributed by atoms with Crippen LogP contribution in [-0.4, -0.2) is 27.2 Å². The first-order chi connectivity index (χ1) is 13.6. The third kappa shape index (κ3) is 2.51. The lowest BCUT2D eigenvalue weighted by Crippen LogP contribution is -2.26. The van der Waals surface area contributed by atoms with E-state index in [9.17, 15) is 4.79 Å². The zero-order chi connectivity index (χ0) is 19.3. The highest BCUT2D eigenvalue weighted by atomic mass is 16.6. The summed E-state index contributed by atoms with van der Waals surface area (Å²) in [6, 6.07) is 22.1. The van der Waals surface area contributed by atoms with E-state index in [0.717, 1.165) is 0 Å². The molecule has 0 radical (unpaired) electrons. The fourth-order valence-electron chi connectivity index (χ4n) is 4.14. The van der Waals surface area contributed by atoms with Gasteiger partial charge >= 0.3 is 6.09 Å². The summed E-state index contributed by atoms with van der Waals surface area (Å²) >= 11 is 0. The van der Waals surface area contributed by atoms with Crippen molar-refractivity contribution in [2.24, 2.45) is 0 Å². The molecule has 28 heavy (non-hydrogen) atoms. The molecular formula is C23H19N3O2. The Hall–Kier alpha value is -3.47. The zero-order valence-electron chi connectivity index (χ0n) is 15.7. The van der Waals surface area contributed by atoms with Crippen molar-refractivity contribution in [2.45, 2.75) is 25.9 Å². The minimum absolute atomic E-state index is 0.00876. The molecule has 1 aliphatic rings. The molecule has 1 heterocycles. The summed E-state index contributed by atoms with van der Waals surface area (Å²) in [6.07, 6.45) is -0.861. The Balaban J connectivity index is 1.50. The van der Waals surface area contributed by atoms with E-state index in [-0.39, 0.29) is 12.0 Å². The van der Waals surface area contributed by atoms with Crippen molar-refractivity contribution in [3.63, 3.8) is 0 Å². The molecule has 0 saturated carbocycles. The number of ether oxygens (including phenoxy) is 1. The highest BCUT2D eigenvalue weighted by Gasteiger charge is 2.34. The summed E-state index contributed by atoms with van der Waals surface area (Å²) in [5.74, 6) is -0.00876. The molecule has 0 aliphatic heterocycles. The molecule has 2 unspecified atom stereocenters. The second kappa shape index (κ2) is 6.30. The Morgan fingerprint density at radius 2 is 1.75 bits per heavy atom. The maximum atomic E-state index is 12.8. The Morgan fingerprint density at radius 1 is 1.00 bits per heavy atom. The van der Waals surface area contributed by atoms with E-state index in [0.29, 0.717) is 11.0 Å². The number of aromatic nitrogens is 3. The molecule has 0 spiro atoms. The Bertz CT molecular complexity index is 1210. The van der Waals surface area contributed by atoms with E-state index >= 15 is 0 Å². The van der Waals surface area contributed by atoms with Crippen LogP contribution in [0.15, 0.2) is 66.7 Å². The summed E-state index contributed by atoms with van der Waals surface area (Å²) in [7, 11) is 0. The normalized spacial score (nSPS) is 15.9. The first-order valence-corrected chi connectivity index (χ1v) is 9.35. The molecule has 4 aromatic rings. The van der Waals surface area contributed by atoms with Crippen LogP contribution in [0.5, 0.6) is 0 Å². The first-order valence-electron chi connectivity index (χ1n) is 9.35. The van der Waals surface area contributed by atoms with Gasteiger partial charge in [-0.15, -0.1) is 9.78 Å². The Kier molecular flexibility index (Phi) is 3.76. The first kappa shape index (κ1) is 16.7. The van der Waals surface area contributed by atoms with Crippen LogP contribution < -0.4 is 0 Å². The van der Waals surface area contributed by atoms with E-state index in [4.69, 9.17) is 4.74 Å². The van der Waals surface area contributed by atoms with E-state index in [1.807, 2.05) is 43.3 Å². The van der Waals surface area contributed by atoms with Crippen molar-refractivity contribution in [3.05, 3.63) is 83.4 Å². The molecule has 0 fully saturated rings. The van der Waals surface area contributed by atoms with E-state index in [1.165, 1.54) is 32.5 Å². The molecule has 138 valence electrons. The topological polar surface area (TPSA) is 57.0 Å². The van der Waals surface area contributed by atoms with E-state index in [1.54, 1.807) is 0 Å². The van der Waals surface area contributed by atoms with Gasteiger partial charge in [0.1, 0.15) is 17.1 Å². The molecule has 0 N–H and O–H groups in total. The van der Waals surface area contributed by atoms with Gasteiger partial charge in [-0.05, 0) is 48.2 Å². The summed E-state index contributed by atoms with van der Waals surface area (Å²) in [5.41, 5.74) is 7.33. The number of para-hydroxylation sites is 1. The van der Waals surface area contributed by atoms with Crippen LogP contribution in [0, 0.1) is 6.92 Å². The van der Waals surface area contributed by atoms with Crippen molar-refractivity contribution < 1.29 is 9.53 Å². The Morgan fingerprint density at radius 3 is 2.64 bits per heavy atom. The number of hydrogen-bond donors (Lipinski definition) is 0. The van der Waals surface area contributed by atoms with Gasteiger partial charge in [0.2, 0.25) is 0 Å². The zero-order valence-corrected chi connectivity index (χ0v) is 15.7. The second-order valence-corrected chi connectivity index (χ2v) is 7.23. The van der Waals surface area contributed by atoms with Crippen LogP contribution in [0.25, 0.3) is 22.2 Å². The summed E-state index contributed by atoms with van der Waals surface area (Å²) in [6.45, 7) is 4.03. The van der Waals surface area contributed by atoms with E-state index in [2.05, 4.69) is 47.6 Å². The molecule has 0 amide bonds. The lowest BCUT2D eigenvalue weighted by atomic mass is 9.92. The number of rotatable bonds is 2. The molecule has 3 aromatic carbocycles. The standard InChI is InChI=1S/C23H19N3O2/c1-14-11-12-18-19(13-14)16-7-3-4-8-17(16)22(18)15(2)28-23(27)26-21-10-6-5-9-20(21)24-25-26/h3-13,15,22H,1-2H3. The van der Waals surface area contributed by atoms with Gasteiger partial charge in [-0.3, -0.25) is 0 Å². The minimum atomic E-state index is -0.515. The number of carbonyl (C=O) groups excluding carboxylic acids is 1. The maximum Gasteiger partial charge on any atom is 0.437 e. The van der Waals surface area contributed by atoms with Gasteiger partial charge in [0.25, 0.3) is 0 Å². The fraction of sp³-hybridized carbons (Fsp3) is 0.174. The number of fused-ring (bicyclic) bond motifs is 4. The lowest BCUT2D eigenvalue weighted by molar-refractivity contribution is 0.0979. The number of benzene rings is 3. The van der Waals surface area contributed by atoms with Crippen molar-refractivity contribution in [2.75, 3.05) is 0 Å². The van der Waals surface area contributed by atoms with Crippen molar-refractivity contribution in [3.8, 4) is 11.1 Å². The quantitative estimate of drug-likeness (QED) is 0.503. The molecule has 0 saturated heterocycles. The van der Waals surface area contributed by atoms with Crippen LogP contribution in [0.4, 0.5) is 4.79 Å². The van der Waals surface area contributed by atoms with Gasteiger partial charge in [-0.1, -0.05) is 65.4 Å². The molecular weight excluding hydrogens is 350 g/mol. The third-order valence-corrected chi connectivity index (χ3v) is 5.41. The van der Waals surface area contributed by atoms with Gasteiger partial charge in [-0.2, -0.15) is 0 Å². The van der Waals surface area contributed by atoms with Gasteiger partial charge in [0, 0.05) is 5.92 Å². The highest BCUT2D eigenvalue weighted by Crippen LogP contribution is 2.47. The van der Waals surface area contributed by atoms with Crippen molar-refractivity contribution in [1.82, 2.24) is 15.0 Å². The predicted molar refractivity (Wildman–Crippen MR) is 107 cm³/mol. The van der Waals surface area contributed by atoms with Crippen LogP contribution in [0.1, 0.15) is 29.5 Å². The largest absolute Gasteiger partial charge is 0.444 e. The molecule has 2 atom stereocenters. The molecule has 1 aromatic heterocycles. The Labute approximate surface area is 162 Å². The van der Waals surface area contributed by atoms with Crippen LogP contribution >= 0.6 is 0 Å². The van der Waals surface area contributed by atoms with Crippen LogP contribution in [0.2, 0.25) is 0 Å². The number of aryl methyl sites for hydroxylation is 1. The van der Waals surface area contributed by atoms with Crippen molar-refractivity contribution >= 4 is 17.1 Å². The second-order valence-electron chi connectivity index (χ2n) is 7.23. The summed E-state index contributed by atoms with van der Waals surface area (Å²) in [5, 5.41) is 8.01. The summed E-state index contributed by atoms with van der Waals surface area (Å²) < 4.78 is 7.08. The third-order valence-electron chi connectivity index (χ3n) is 5.41.